The zero-order chi connectivity index (χ0) is 8.70. The molecule has 7 heteroatoms. The van der Waals surface area contributed by atoms with Gasteiger partial charge >= 0.3 is 26.7 Å². The topological polar surface area (TPSA) is 27.7 Å². The highest BCUT2D eigenvalue weighted by Gasteiger charge is 2.48. The van der Waals surface area contributed by atoms with Crippen molar-refractivity contribution in [2.24, 2.45) is 0 Å². The normalized spacial score (nSPS) is 43.9. The highest BCUT2D eigenvalue weighted by molar-refractivity contribution is 6.85. The predicted octanol–water partition coefficient (Wildman–Crippen LogP) is 1.14. The van der Waals surface area contributed by atoms with Gasteiger partial charge in [0.15, 0.2) is 0 Å². The Labute approximate surface area is 70.0 Å². The molecule has 1 rings (SSSR count). The van der Waals surface area contributed by atoms with Crippen LogP contribution in [0.1, 0.15) is 0 Å². The monoisotopic (exact) mass is 212 g/mol. The molecule has 0 radical (unpaired) electrons. The standard InChI is InChI=1S/C4H13FO3Si3/c1-9-6-10(2,3)8-11(4,5)7-9/h9H,1-4H3. The molecule has 0 aromatic carbocycles. The molecule has 0 aromatic heterocycles. The zero-order valence-electron chi connectivity index (χ0n) is 7.18. The van der Waals surface area contributed by atoms with E-state index in [4.69, 9.17) is 12.3 Å². The summed E-state index contributed by atoms with van der Waals surface area (Å²) in [5.41, 5.74) is 0. The van der Waals surface area contributed by atoms with Crippen LogP contribution in [0.25, 0.3) is 0 Å². The van der Waals surface area contributed by atoms with Gasteiger partial charge in [-0.25, -0.2) is 4.11 Å². The summed E-state index contributed by atoms with van der Waals surface area (Å²) in [4.78, 5) is 0. The van der Waals surface area contributed by atoms with E-state index < -0.39 is 26.7 Å². The largest absolute Gasteiger partial charge is 0.519 e. The van der Waals surface area contributed by atoms with Crippen molar-refractivity contribution in [1.82, 2.24) is 0 Å². The molecule has 0 N–H and O–H groups in total. The number of hydrogen-bond donors (Lipinski definition) is 0. The van der Waals surface area contributed by atoms with E-state index >= 15 is 0 Å². The van der Waals surface area contributed by atoms with Crippen molar-refractivity contribution in [2.45, 2.75) is 26.2 Å². The fourth-order valence-corrected chi connectivity index (χ4v) is 12.2. The van der Waals surface area contributed by atoms with Crippen LogP contribution < -0.4 is 0 Å². The van der Waals surface area contributed by atoms with Gasteiger partial charge in [0.1, 0.15) is 0 Å². The summed E-state index contributed by atoms with van der Waals surface area (Å²) >= 11 is 0. The van der Waals surface area contributed by atoms with Gasteiger partial charge in [-0.15, -0.1) is 0 Å². The molecule has 0 amide bonds. The van der Waals surface area contributed by atoms with E-state index in [-0.39, 0.29) is 0 Å². The maximum Gasteiger partial charge on any atom is 0.519 e. The van der Waals surface area contributed by atoms with Gasteiger partial charge in [0.2, 0.25) is 0 Å². The molecule has 0 bridgehead atoms. The molecule has 11 heavy (non-hydrogen) atoms. The maximum absolute atomic E-state index is 13.3. The van der Waals surface area contributed by atoms with Crippen LogP contribution in [0.5, 0.6) is 0 Å². The quantitative estimate of drug-likeness (QED) is 0.445. The van der Waals surface area contributed by atoms with Crippen LogP contribution in [-0.4, -0.2) is 26.7 Å². The third-order valence-electron chi connectivity index (χ3n) is 1.25. The summed E-state index contributed by atoms with van der Waals surface area (Å²) in [5, 5.41) is 0. The first kappa shape index (κ1) is 9.55. The average molecular weight is 212 g/mol. The Balaban J connectivity index is 2.66. The number of halogens is 1. The summed E-state index contributed by atoms with van der Waals surface area (Å²) in [6.07, 6.45) is 0. The van der Waals surface area contributed by atoms with Gasteiger partial charge in [-0.3, -0.25) is 0 Å². The second-order valence-corrected chi connectivity index (χ2v) is 11.4. The lowest BCUT2D eigenvalue weighted by Crippen LogP contribution is -2.58. The highest BCUT2D eigenvalue weighted by atomic mass is 28.5. The van der Waals surface area contributed by atoms with Gasteiger partial charge in [-0.2, -0.15) is 0 Å². The lowest BCUT2D eigenvalue weighted by molar-refractivity contribution is 0.213. The minimum Gasteiger partial charge on any atom is -0.418 e. The van der Waals surface area contributed by atoms with Crippen molar-refractivity contribution in [3.8, 4) is 0 Å². The summed E-state index contributed by atoms with van der Waals surface area (Å²) in [6.45, 7) is 6.96. The molecule has 0 aromatic rings. The second kappa shape index (κ2) is 2.75. The van der Waals surface area contributed by atoms with Crippen molar-refractivity contribution in [1.29, 1.82) is 0 Å². The van der Waals surface area contributed by atoms with Gasteiger partial charge in [0, 0.05) is 6.55 Å². The van der Waals surface area contributed by atoms with Gasteiger partial charge in [-0.05, 0) is 19.6 Å². The van der Waals surface area contributed by atoms with E-state index in [1.807, 2.05) is 19.6 Å². The third kappa shape index (κ3) is 2.76. The molecular weight excluding hydrogens is 199 g/mol. The molecule has 2 unspecified atom stereocenters. The van der Waals surface area contributed by atoms with E-state index in [9.17, 15) is 4.11 Å². The van der Waals surface area contributed by atoms with Crippen molar-refractivity contribution < 1.29 is 16.5 Å². The second-order valence-electron chi connectivity index (χ2n) is 3.14. The van der Waals surface area contributed by atoms with Crippen LogP contribution >= 0.6 is 0 Å². The minimum absolute atomic E-state index is 1.42. The third-order valence-corrected chi connectivity index (χ3v) is 11.3. The van der Waals surface area contributed by atoms with Gasteiger partial charge in [0.05, 0.1) is 0 Å². The minimum atomic E-state index is -3.29. The lowest BCUT2D eigenvalue weighted by Gasteiger charge is -2.38. The van der Waals surface area contributed by atoms with E-state index in [0.717, 1.165) is 0 Å². The molecule has 1 aliphatic heterocycles. The molecule has 66 valence electrons. The smallest absolute Gasteiger partial charge is 0.418 e. The zero-order valence-corrected chi connectivity index (χ0v) is 10.3. The lowest BCUT2D eigenvalue weighted by atomic mass is 11.9. The predicted molar refractivity (Wildman–Crippen MR) is 46.5 cm³/mol. The Hall–Kier alpha value is 0.461. The Morgan fingerprint density at radius 1 is 1.18 bits per heavy atom. The van der Waals surface area contributed by atoms with Crippen LogP contribution in [0, 0.1) is 0 Å². The Kier molecular flexibility index (Phi) is 2.38. The van der Waals surface area contributed by atoms with E-state index in [2.05, 4.69) is 0 Å². The molecule has 1 saturated heterocycles. The molecule has 3 nitrogen and oxygen atoms in total. The first-order valence-electron chi connectivity index (χ1n) is 3.55. The molecule has 1 fully saturated rings. The molecule has 0 saturated carbocycles. The molecule has 0 aliphatic carbocycles. The fraction of sp³-hybridized carbons (Fsp3) is 1.00. The first-order chi connectivity index (χ1) is 4.81. The Bertz CT molecular complexity index is 147. The van der Waals surface area contributed by atoms with Crippen LogP contribution in [0.15, 0.2) is 0 Å². The van der Waals surface area contributed by atoms with Crippen molar-refractivity contribution in [2.75, 3.05) is 0 Å². The summed E-state index contributed by atoms with van der Waals surface area (Å²) in [5.74, 6) is 0. The fourth-order valence-electron chi connectivity index (χ4n) is 1.21. The number of hydrogen-bond acceptors (Lipinski definition) is 3. The maximum atomic E-state index is 13.3. The first-order valence-corrected chi connectivity index (χ1v) is 10.7. The van der Waals surface area contributed by atoms with Gasteiger partial charge in [-0.1, -0.05) is 0 Å². The summed E-state index contributed by atoms with van der Waals surface area (Å²) in [6, 6.07) is 0. The Morgan fingerprint density at radius 3 is 2.09 bits per heavy atom. The van der Waals surface area contributed by atoms with Crippen LogP contribution in [0.3, 0.4) is 0 Å². The molecule has 2 atom stereocenters. The summed E-state index contributed by atoms with van der Waals surface area (Å²) in [7, 11) is -7.18. The van der Waals surface area contributed by atoms with Crippen molar-refractivity contribution in [3.05, 3.63) is 0 Å². The van der Waals surface area contributed by atoms with E-state index in [1.54, 1.807) is 0 Å². The molecule has 1 aliphatic rings. The van der Waals surface area contributed by atoms with Gasteiger partial charge in [0.25, 0.3) is 0 Å². The van der Waals surface area contributed by atoms with E-state index in [1.165, 1.54) is 6.55 Å². The average Bonchev–Trinajstić information content (AvgIpc) is 1.49. The Morgan fingerprint density at radius 2 is 1.73 bits per heavy atom. The van der Waals surface area contributed by atoms with Crippen molar-refractivity contribution >= 4 is 26.7 Å². The van der Waals surface area contributed by atoms with Crippen LogP contribution in [0.4, 0.5) is 4.11 Å². The SMILES string of the molecule is C[SiH]1O[Si](C)(C)O[Si](C)(F)O1. The molecule has 1 heterocycles. The van der Waals surface area contributed by atoms with Crippen LogP contribution in [0.2, 0.25) is 26.2 Å². The van der Waals surface area contributed by atoms with E-state index in [0.29, 0.717) is 0 Å². The molecular formula is C4H13FO3Si3. The summed E-state index contributed by atoms with van der Waals surface area (Å²) < 4.78 is 28.9. The highest BCUT2D eigenvalue weighted by Crippen LogP contribution is 2.24. The van der Waals surface area contributed by atoms with Crippen LogP contribution in [-0.2, 0) is 12.3 Å². The van der Waals surface area contributed by atoms with Crippen molar-refractivity contribution in [3.63, 3.8) is 0 Å². The van der Waals surface area contributed by atoms with Gasteiger partial charge < -0.3 is 12.3 Å². The molecule has 0 spiro atoms. The number of rotatable bonds is 0.